The van der Waals surface area contributed by atoms with Gasteiger partial charge in [0.1, 0.15) is 10.7 Å². The van der Waals surface area contributed by atoms with Crippen LogP contribution in [0.25, 0.3) is 0 Å². The molecule has 1 amide bonds. The van der Waals surface area contributed by atoms with Gasteiger partial charge in [-0.15, -0.1) is 22.7 Å². The second-order valence-corrected chi connectivity index (χ2v) is 6.83. The van der Waals surface area contributed by atoms with Crippen LogP contribution in [0.3, 0.4) is 0 Å². The van der Waals surface area contributed by atoms with Gasteiger partial charge in [0, 0.05) is 29.8 Å². The van der Waals surface area contributed by atoms with Crippen LogP contribution in [0.4, 0.5) is 0 Å². The molecule has 0 radical (unpaired) electrons. The lowest BCUT2D eigenvalue weighted by Gasteiger charge is -2.23. The van der Waals surface area contributed by atoms with Crippen molar-refractivity contribution in [2.24, 2.45) is 5.73 Å². The lowest BCUT2D eigenvalue weighted by molar-refractivity contribution is 0.0738. The van der Waals surface area contributed by atoms with Crippen LogP contribution in [0.5, 0.6) is 0 Å². The van der Waals surface area contributed by atoms with Crippen LogP contribution in [0.2, 0.25) is 0 Å². The van der Waals surface area contributed by atoms with Crippen LogP contribution >= 0.6 is 22.7 Å². The molecule has 0 aliphatic rings. The quantitative estimate of drug-likeness (QED) is 0.924. The highest BCUT2D eigenvalue weighted by atomic mass is 32.1. The molecule has 0 aliphatic heterocycles. The van der Waals surface area contributed by atoms with Gasteiger partial charge in [-0.05, 0) is 25.3 Å². The molecule has 2 heterocycles. The average molecular weight is 309 g/mol. The van der Waals surface area contributed by atoms with Gasteiger partial charge in [0.25, 0.3) is 5.91 Å². The van der Waals surface area contributed by atoms with Gasteiger partial charge >= 0.3 is 0 Å². The number of amides is 1. The van der Waals surface area contributed by atoms with Crippen molar-refractivity contribution in [3.05, 3.63) is 38.5 Å². The molecular formula is C14H19N3OS2. The van der Waals surface area contributed by atoms with Crippen LogP contribution in [0.15, 0.2) is 22.9 Å². The van der Waals surface area contributed by atoms with E-state index in [1.807, 2.05) is 20.0 Å². The fourth-order valence-corrected chi connectivity index (χ4v) is 3.41. The standard InChI is InChI=1S/C14H19N3OS2/c1-9(7-11-5-4-6-19-11)17(3)14(18)12-8-20-13(16-12)10(2)15/h4-6,8-10H,7,15H2,1-3H3. The zero-order valence-electron chi connectivity index (χ0n) is 11.9. The number of carbonyl (C=O) groups excluding carboxylic acids is 1. The Bertz CT molecular complexity index is 563. The molecule has 4 nitrogen and oxygen atoms in total. The topological polar surface area (TPSA) is 59.2 Å². The fraction of sp³-hybridized carbons (Fsp3) is 0.429. The average Bonchev–Trinajstić information content (AvgIpc) is 3.07. The molecule has 2 N–H and O–H groups in total. The van der Waals surface area contributed by atoms with Crippen LogP contribution in [-0.4, -0.2) is 28.9 Å². The van der Waals surface area contributed by atoms with Gasteiger partial charge in [-0.25, -0.2) is 4.98 Å². The van der Waals surface area contributed by atoms with Gasteiger partial charge < -0.3 is 10.6 Å². The largest absolute Gasteiger partial charge is 0.337 e. The maximum absolute atomic E-state index is 12.4. The lowest BCUT2D eigenvalue weighted by Crippen LogP contribution is -2.36. The molecule has 108 valence electrons. The van der Waals surface area contributed by atoms with Gasteiger partial charge in [-0.3, -0.25) is 4.79 Å². The first kappa shape index (κ1) is 15.2. The molecule has 0 aromatic carbocycles. The normalized spacial score (nSPS) is 14.0. The monoisotopic (exact) mass is 309 g/mol. The number of thiophene rings is 1. The molecule has 20 heavy (non-hydrogen) atoms. The molecule has 6 heteroatoms. The summed E-state index contributed by atoms with van der Waals surface area (Å²) in [6.07, 6.45) is 0.865. The molecule has 0 spiro atoms. The molecule has 2 atom stereocenters. The molecule has 2 aromatic rings. The van der Waals surface area contributed by atoms with Crippen molar-refractivity contribution in [1.29, 1.82) is 0 Å². The molecule has 2 unspecified atom stereocenters. The number of hydrogen-bond acceptors (Lipinski definition) is 5. The number of nitrogens with zero attached hydrogens (tertiary/aromatic N) is 2. The minimum absolute atomic E-state index is 0.0443. The maximum Gasteiger partial charge on any atom is 0.273 e. The summed E-state index contributed by atoms with van der Waals surface area (Å²) in [4.78, 5) is 19.7. The highest BCUT2D eigenvalue weighted by Crippen LogP contribution is 2.19. The van der Waals surface area contributed by atoms with Gasteiger partial charge in [0.2, 0.25) is 0 Å². The Hall–Kier alpha value is -1.24. The smallest absolute Gasteiger partial charge is 0.273 e. The number of rotatable bonds is 5. The number of hydrogen-bond donors (Lipinski definition) is 1. The second-order valence-electron chi connectivity index (χ2n) is 4.91. The summed E-state index contributed by atoms with van der Waals surface area (Å²) in [5.41, 5.74) is 6.27. The van der Waals surface area contributed by atoms with Crippen LogP contribution in [0.1, 0.15) is 40.3 Å². The number of likely N-dealkylation sites (N-methyl/N-ethyl adjacent to an activating group) is 1. The third kappa shape index (κ3) is 3.45. The molecular weight excluding hydrogens is 290 g/mol. The van der Waals surface area contributed by atoms with Gasteiger partial charge in [0.05, 0.1) is 6.04 Å². The first-order chi connectivity index (χ1) is 9.49. The summed E-state index contributed by atoms with van der Waals surface area (Å²) in [7, 11) is 1.82. The predicted molar refractivity (Wildman–Crippen MR) is 84.3 cm³/mol. The van der Waals surface area contributed by atoms with Crippen LogP contribution in [-0.2, 0) is 6.42 Å². The van der Waals surface area contributed by atoms with E-state index in [4.69, 9.17) is 5.73 Å². The Morgan fingerprint density at radius 1 is 1.45 bits per heavy atom. The van der Waals surface area contributed by atoms with Crippen molar-refractivity contribution in [3.63, 3.8) is 0 Å². The first-order valence-corrected chi connectivity index (χ1v) is 8.25. The summed E-state index contributed by atoms with van der Waals surface area (Å²) in [6.45, 7) is 3.92. The minimum Gasteiger partial charge on any atom is -0.337 e. The number of nitrogens with two attached hydrogens (primary N) is 1. The number of aromatic nitrogens is 1. The molecule has 0 aliphatic carbocycles. The molecule has 2 aromatic heterocycles. The van der Waals surface area contributed by atoms with E-state index in [0.29, 0.717) is 5.69 Å². The molecule has 0 saturated heterocycles. The lowest BCUT2D eigenvalue weighted by atomic mass is 10.2. The van der Waals surface area contributed by atoms with Crippen molar-refractivity contribution in [3.8, 4) is 0 Å². The first-order valence-electron chi connectivity index (χ1n) is 6.49. The van der Waals surface area contributed by atoms with E-state index in [9.17, 15) is 4.79 Å². The molecule has 0 bridgehead atoms. The third-order valence-corrected chi connectivity index (χ3v) is 5.13. The number of carbonyl (C=O) groups is 1. The molecule has 0 saturated carbocycles. The summed E-state index contributed by atoms with van der Waals surface area (Å²) in [6, 6.07) is 4.14. The molecule has 2 rings (SSSR count). The summed E-state index contributed by atoms with van der Waals surface area (Å²) in [5, 5.41) is 4.64. The SMILES string of the molecule is CC(N)c1nc(C(=O)N(C)C(C)Cc2cccs2)cs1. The zero-order chi connectivity index (χ0) is 14.7. The van der Waals surface area contributed by atoms with Crippen molar-refractivity contribution < 1.29 is 4.79 Å². The van der Waals surface area contributed by atoms with Crippen LogP contribution in [0, 0.1) is 0 Å². The Kier molecular flexibility index (Phi) is 4.91. The van der Waals surface area contributed by atoms with Gasteiger partial charge in [0.15, 0.2) is 0 Å². The van der Waals surface area contributed by atoms with E-state index < -0.39 is 0 Å². The maximum atomic E-state index is 12.4. The number of thiazole rings is 1. The Balaban J connectivity index is 2.03. The minimum atomic E-state index is -0.129. The fourth-order valence-electron chi connectivity index (χ4n) is 1.83. The Morgan fingerprint density at radius 3 is 2.75 bits per heavy atom. The highest BCUT2D eigenvalue weighted by molar-refractivity contribution is 7.10. The van der Waals surface area contributed by atoms with Crippen molar-refractivity contribution in [2.75, 3.05) is 7.05 Å². The highest BCUT2D eigenvalue weighted by Gasteiger charge is 2.21. The predicted octanol–water partition coefficient (Wildman–Crippen LogP) is 2.93. The van der Waals surface area contributed by atoms with Gasteiger partial charge in [-0.2, -0.15) is 0 Å². The van der Waals surface area contributed by atoms with Crippen LogP contribution < -0.4 is 5.73 Å². The Labute approximate surface area is 127 Å². The van der Waals surface area contributed by atoms with E-state index in [1.54, 1.807) is 21.6 Å². The zero-order valence-corrected chi connectivity index (χ0v) is 13.5. The van der Waals surface area contributed by atoms with E-state index in [-0.39, 0.29) is 18.0 Å². The summed E-state index contributed by atoms with van der Waals surface area (Å²) >= 11 is 3.16. The summed E-state index contributed by atoms with van der Waals surface area (Å²) < 4.78 is 0. The third-order valence-electron chi connectivity index (χ3n) is 3.19. The van der Waals surface area contributed by atoms with Gasteiger partial charge in [-0.1, -0.05) is 6.07 Å². The van der Waals surface area contributed by atoms with E-state index in [0.717, 1.165) is 11.4 Å². The Morgan fingerprint density at radius 2 is 2.20 bits per heavy atom. The summed E-state index contributed by atoms with van der Waals surface area (Å²) in [5.74, 6) is -0.0443. The van der Waals surface area contributed by atoms with E-state index in [1.165, 1.54) is 16.2 Å². The van der Waals surface area contributed by atoms with Crippen molar-refractivity contribution >= 4 is 28.6 Å². The van der Waals surface area contributed by atoms with Crippen molar-refractivity contribution in [2.45, 2.75) is 32.4 Å². The van der Waals surface area contributed by atoms with Crippen molar-refractivity contribution in [1.82, 2.24) is 9.88 Å². The van der Waals surface area contributed by atoms with E-state index in [2.05, 4.69) is 23.4 Å². The van der Waals surface area contributed by atoms with E-state index >= 15 is 0 Å². The second kappa shape index (κ2) is 6.47. The molecule has 0 fully saturated rings.